The molecule has 0 amide bonds. The van der Waals surface area contributed by atoms with Gasteiger partial charge in [-0.1, -0.05) is 31.5 Å². The third kappa shape index (κ3) is 3.40. The summed E-state index contributed by atoms with van der Waals surface area (Å²) in [7, 11) is 0. The Morgan fingerprint density at radius 3 is 2.72 bits per heavy atom. The Bertz CT molecular complexity index is 1530. The Hall–Kier alpha value is -3.10. The number of benzene rings is 2. The van der Waals surface area contributed by atoms with Crippen molar-refractivity contribution in [3.05, 3.63) is 69.2 Å². The van der Waals surface area contributed by atoms with Crippen molar-refractivity contribution in [2.24, 2.45) is 0 Å². The summed E-state index contributed by atoms with van der Waals surface area (Å²) < 4.78 is 16.2. The van der Waals surface area contributed by atoms with Crippen LogP contribution in [0.1, 0.15) is 30.2 Å². The number of thiophene rings is 1. The third-order valence-corrected chi connectivity index (χ3v) is 7.41. The van der Waals surface area contributed by atoms with Gasteiger partial charge < -0.3 is 5.11 Å². The second kappa shape index (κ2) is 8.11. The number of halogens is 1. The van der Waals surface area contributed by atoms with Crippen molar-refractivity contribution in [1.29, 1.82) is 0 Å². The second-order valence-corrected chi connectivity index (χ2v) is 9.89. The number of hydrogen-bond acceptors (Lipinski definition) is 6. The van der Waals surface area contributed by atoms with Gasteiger partial charge >= 0.3 is 0 Å². The molecule has 0 bridgehead atoms. The van der Waals surface area contributed by atoms with Crippen LogP contribution in [0.4, 0.5) is 4.39 Å². The Morgan fingerprint density at radius 2 is 2.00 bits per heavy atom. The lowest BCUT2D eigenvalue weighted by Gasteiger charge is -2.11. The normalized spacial score (nSPS) is 11.6. The van der Waals surface area contributed by atoms with Crippen molar-refractivity contribution in [3.63, 3.8) is 0 Å². The highest BCUT2D eigenvalue weighted by Crippen LogP contribution is 2.40. The number of unbranched alkanes of at least 4 members (excludes halogenated alkanes) is 1. The van der Waals surface area contributed by atoms with E-state index in [9.17, 15) is 14.3 Å². The molecule has 2 aromatic carbocycles. The van der Waals surface area contributed by atoms with Crippen LogP contribution in [0, 0.1) is 12.7 Å². The first-order valence-electron chi connectivity index (χ1n) is 10.4. The minimum absolute atomic E-state index is 0.131. The van der Waals surface area contributed by atoms with Gasteiger partial charge in [0.25, 0.3) is 5.56 Å². The van der Waals surface area contributed by atoms with Gasteiger partial charge in [-0.2, -0.15) is 0 Å². The maximum Gasteiger partial charge on any atom is 0.269 e. The fourth-order valence-electron chi connectivity index (χ4n) is 3.90. The van der Waals surface area contributed by atoms with Crippen molar-refractivity contribution in [2.75, 3.05) is 0 Å². The Balaban J connectivity index is 1.92. The molecule has 3 aromatic heterocycles. The molecule has 0 unspecified atom stereocenters. The summed E-state index contributed by atoms with van der Waals surface area (Å²) in [5.74, 6) is 0.0543. The van der Waals surface area contributed by atoms with Gasteiger partial charge in [0.1, 0.15) is 16.4 Å². The van der Waals surface area contributed by atoms with E-state index in [-0.39, 0.29) is 11.3 Å². The molecule has 3 heterocycles. The van der Waals surface area contributed by atoms with Crippen molar-refractivity contribution >= 4 is 43.0 Å². The SMILES string of the molecule is CCCCc1ccc(O)c2sc3nc(-c4cccc(F)c4)n(-c4ncc(C)s4)c(=O)c3c12. The zero-order chi connectivity index (χ0) is 22.4. The minimum atomic E-state index is -0.408. The second-order valence-electron chi connectivity index (χ2n) is 7.67. The van der Waals surface area contributed by atoms with Gasteiger partial charge in [0.15, 0.2) is 11.0 Å². The molecule has 5 rings (SSSR count). The Morgan fingerprint density at radius 1 is 1.16 bits per heavy atom. The van der Waals surface area contributed by atoms with Gasteiger partial charge in [-0.25, -0.2) is 18.9 Å². The molecule has 0 fully saturated rings. The Labute approximate surface area is 191 Å². The van der Waals surface area contributed by atoms with Crippen LogP contribution >= 0.6 is 22.7 Å². The van der Waals surface area contributed by atoms with Crippen LogP contribution in [-0.4, -0.2) is 19.6 Å². The molecule has 0 spiro atoms. The number of phenols is 1. The lowest BCUT2D eigenvalue weighted by molar-refractivity contribution is 0.482. The molecule has 1 N–H and O–H groups in total. The molecule has 0 aliphatic carbocycles. The third-order valence-electron chi connectivity index (χ3n) is 5.40. The van der Waals surface area contributed by atoms with E-state index in [1.165, 1.54) is 39.4 Å². The molecular weight excluding hydrogens is 445 g/mol. The van der Waals surface area contributed by atoms with Crippen molar-refractivity contribution in [1.82, 2.24) is 14.5 Å². The molecule has 0 aliphatic rings. The van der Waals surface area contributed by atoms with Crippen LogP contribution < -0.4 is 5.56 Å². The molecule has 32 heavy (non-hydrogen) atoms. The van der Waals surface area contributed by atoms with Crippen molar-refractivity contribution in [3.8, 4) is 22.3 Å². The summed E-state index contributed by atoms with van der Waals surface area (Å²) >= 11 is 2.66. The number of aromatic nitrogens is 3. The number of fused-ring (bicyclic) bond motifs is 3. The van der Waals surface area contributed by atoms with E-state index >= 15 is 0 Å². The zero-order valence-electron chi connectivity index (χ0n) is 17.6. The topological polar surface area (TPSA) is 68.0 Å². The van der Waals surface area contributed by atoms with Crippen LogP contribution in [0.15, 0.2) is 47.4 Å². The van der Waals surface area contributed by atoms with Gasteiger partial charge in [-0.3, -0.25) is 4.79 Å². The van der Waals surface area contributed by atoms with Crippen LogP contribution in [0.2, 0.25) is 0 Å². The van der Waals surface area contributed by atoms with Crippen LogP contribution in [0.3, 0.4) is 0 Å². The molecule has 0 radical (unpaired) electrons. The summed E-state index contributed by atoms with van der Waals surface area (Å²) in [5.41, 5.74) is 1.24. The number of rotatable bonds is 5. The van der Waals surface area contributed by atoms with Crippen LogP contribution in [0.25, 0.3) is 36.8 Å². The summed E-state index contributed by atoms with van der Waals surface area (Å²) in [6.07, 6.45) is 4.51. The molecule has 0 saturated heterocycles. The molecule has 0 saturated carbocycles. The van der Waals surface area contributed by atoms with E-state index in [0.717, 1.165) is 35.1 Å². The maximum absolute atomic E-state index is 14.0. The van der Waals surface area contributed by atoms with E-state index in [4.69, 9.17) is 4.98 Å². The molecule has 0 aliphatic heterocycles. The minimum Gasteiger partial charge on any atom is -0.506 e. The highest BCUT2D eigenvalue weighted by atomic mass is 32.1. The molecule has 5 nitrogen and oxygen atoms in total. The molecule has 0 atom stereocenters. The van der Waals surface area contributed by atoms with E-state index < -0.39 is 5.82 Å². The van der Waals surface area contributed by atoms with E-state index in [2.05, 4.69) is 11.9 Å². The largest absolute Gasteiger partial charge is 0.506 e. The smallest absolute Gasteiger partial charge is 0.269 e. The highest BCUT2D eigenvalue weighted by Gasteiger charge is 2.23. The number of hydrogen-bond donors (Lipinski definition) is 1. The average Bonchev–Trinajstić information content (AvgIpc) is 3.37. The van der Waals surface area contributed by atoms with Crippen molar-refractivity contribution in [2.45, 2.75) is 33.1 Å². The first-order valence-corrected chi connectivity index (χ1v) is 12.0. The van der Waals surface area contributed by atoms with E-state index in [1.54, 1.807) is 24.4 Å². The number of aromatic hydroxyl groups is 1. The maximum atomic E-state index is 14.0. The number of thiazole rings is 1. The highest BCUT2D eigenvalue weighted by molar-refractivity contribution is 7.25. The number of nitrogens with zero attached hydrogens (tertiary/aromatic N) is 3. The van der Waals surface area contributed by atoms with Crippen molar-refractivity contribution < 1.29 is 9.50 Å². The predicted octanol–water partition coefficient (Wildman–Crippen LogP) is 6.22. The van der Waals surface area contributed by atoms with Crippen LogP contribution in [0.5, 0.6) is 5.75 Å². The van der Waals surface area contributed by atoms with Gasteiger partial charge in [0.05, 0.1) is 10.1 Å². The van der Waals surface area contributed by atoms with E-state index in [1.807, 2.05) is 13.0 Å². The monoisotopic (exact) mass is 465 g/mol. The van der Waals surface area contributed by atoms with Gasteiger partial charge in [-0.05, 0) is 43.5 Å². The average molecular weight is 466 g/mol. The molecular formula is C24H20FN3O2S2. The first kappa shape index (κ1) is 20.8. The lowest BCUT2D eigenvalue weighted by Crippen LogP contribution is -2.21. The number of phenolic OH excluding ortho intramolecular Hbond substituents is 1. The summed E-state index contributed by atoms with van der Waals surface area (Å²) in [6.45, 7) is 4.04. The summed E-state index contributed by atoms with van der Waals surface area (Å²) in [5, 5.41) is 12.2. The predicted molar refractivity (Wildman–Crippen MR) is 129 cm³/mol. The van der Waals surface area contributed by atoms with E-state index in [0.29, 0.717) is 31.4 Å². The number of aryl methyl sites for hydroxylation is 2. The zero-order valence-corrected chi connectivity index (χ0v) is 19.2. The lowest BCUT2D eigenvalue weighted by atomic mass is 10.0. The fraction of sp³-hybridized carbons (Fsp3) is 0.208. The summed E-state index contributed by atoms with van der Waals surface area (Å²) in [4.78, 5) is 24.6. The summed E-state index contributed by atoms with van der Waals surface area (Å²) in [6, 6.07) is 9.61. The van der Waals surface area contributed by atoms with Gasteiger partial charge in [0.2, 0.25) is 0 Å². The molecule has 8 heteroatoms. The fourth-order valence-corrected chi connectivity index (χ4v) is 5.78. The van der Waals surface area contributed by atoms with Gasteiger partial charge in [-0.15, -0.1) is 22.7 Å². The quantitative estimate of drug-likeness (QED) is 0.335. The Kier molecular flexibility index (Phi) is 5.27. The standard InChI is InChI=1S/C24H20FN3O2S2/c1-3-4-6-14-9-10-17(29)20-18(14)19-22(32-20)27-21(15-7-5-8-16(25)11-15)28(23(19)30)24-26-12-13(2)31-24/h5,7-12,29H,3-4,6H2,1-2H3. The molecule has 162 valence electrons. The van der Waals surface area contributed by atoms with Crippen LogP contribution in [-0.2, 0) is 6.42 Å². The van der Waals surface area contributed by atoms with Gasteiger partial charge in [0, 0.05) is 22.0 Å². The first-order chi connectivity index (χ1) is 15.5. The molecule has 5 aromatic rings.